The highest BCUT2D eigenvalue weighted by molar-refractivity contribution is 6.11. The minimum Gasteiger partial charge on any atom is -0.281 e. The van der Waals surface area contributed by atoms with Crippen LogP contribution in [0.1, 0.15) is 16.9 Å². The van der Waals surface area contributed by atoms with Crippen LogP contribution in [0.15, 0.2) is 30.0 Å². The van der Waals surface area contributed by atoms with Crippen molar-refractivity contribution >= 4 is 11.7 Å². The third-order valence-electron chi connectivity index (χ3n) is 2.20. The first kappa shape index (κ1) is 7.90. The minimum atomic E-state index is -0.0677. The van der Waals surface area contributed by atoms with Gasteiger partial charge in [-0.05, 0) is 11.9 Å². The molecule has 0 unspecified atom stereocenters. The third-order valence-corrected chi connectivity index (χ3v) is 2.20. The minimum absolute atomic E-state index is 0.0677. The van der Waals surface area contributed by atoms with E-state index in [-0.39, 0.29) is 5.78 Å². The number of allylic oxidation sites excluding steroid dienone is 1. The highest BCUT2D eigenvalue weighted by Crippen LogP contribution is 2.10. The zero-order valence-corrected chi connectivity index (χ0v) is 7.08. The lowest BCUT2D eigenvalue weighted by Crippen LogP contribution is -2.44. The molecule has 0 saturated heterocycles. The molecule has 3 heteroatoms. The van der Waals surface area contributed by atoms with Crippen molar-refractivity contribution in [2.45, 2.75) is 13.0 Å². The van der Waals surface area contributed by atoms with Gasteiger partial charge >= 0.3 is 0 Å². The Morgan fingerprint density at radius 1 is 1.46 bits per heavy atom. The number of pyridine rings is 1. The summed E-state index contributed by atoms with van der Waals surface area (Å²) >= 11 is 0. The second-order valence-corrected chi connectivity index (χ2v) is 2.96. The number of nitrogens with zero attached hydrogens (tertiary/aromatic N) is 1. The zero-order chi connectivity index (χ0) is 9.26. The molecular weight excluding hydrogens is 164 g/mol. The van der Waals surface area contributed by atoms with E-state index in [1.54, 1.807) is 6.07 Å². The molecule has 1 aliphatic rings. The van der Waals surface area contributed by atoms with Gasteiger partial charge in [0.05, 0.1) is 5.57 Å². The summed E-state index contributed by atoms with van der Waals surface area (Å²) < 4.78 is 1.91. The molecule has 0 bridgehead atoms. The average molecular weight is 173 g/mol. The number of hydrogen-bond acceptors (Lipinski definition) is 2. The van der Waals surface area contributed by atoms with Gasteiger partial charge in [0.25, 0.3) is 11.5 Å². The van der Waals surface area contributed by atoms with Gasteiger partial charge in [-0.1, -0.05) is 0 Å². The summed E-state index contributed by atoms with van der Waals surface area (Å²) in [5.41, 5.74) is 1.13. The molecule has 13 heavy (non-hydrogen) atoms. The predicted molar refractivity (Wildman–Crippen MR) is 46.8 cm³/mol. The molecule has 0 aromatic carbocycles. The summed E-state index contributed by atoms with van der Waals surface area (Å²) in [6, 6.07) is 5.51. The van der Waals surface area contributed by atoms with E-state index in [4.69, 9.17) is 5.41 Å². The molecule has 1 aromatic heterocycles. The van der Waals surface area contributed by atoms with Gasteiger partial charge in [-0.2, -0.15) is 4.57 Å². The maximum Gasteiger partial charge on any atom is 0.262 e. The number of ketones is 1. The lowest BCUT2D eigenvalue weighted by molar-refractivity contribution is -0.700. The molecule has 1 N–H and O–H groups in total. The van der Waals surface area contributed by atoms with Crippen LogP contribution in [0.5, 0.6) is 0 Å². The van der Waals surface area contributed by atoms with Crippen molar-refractivity contribution in [1.82, 2.24) is 0 Å². The molecule has 0 aliphatic carbocycles. The van der Waals surface area contributed by atoms with Crippen LogP contribution in [0.25, 0.3) is 0 Å². The maximum atomic E-state index is 11.6. The van der Waals surface area contributed by atoms with E-state index in [1.807, 2.05) is 22.9 Å². The normalized spacial score (nSPS) is 15.1. The summed E-state index contributed by atoms with van der Waals surface area (Å²) in [5, 5.41) is 6.95. The average Bonchev–Trinajstić information content (AvgIpc) is 2.19. The zero-order valence-electron chi connectivity index (χ0n) is 7.08. The van der Waals surface area contributed by atoms with Gasteiger partial charge in [-0.25, -0.2) is 0 Å². The lowest BCUT2D eigenvalue weighted by Gasteiger charge is -2.08. The molecule has 0 saturated carbocycles. The molecule has 1 aromatic rings. The number of carbonyl (C=O) groups excluding carboxylic acids is 1. The van der Waals surface area contributed by atoms with Gasteiger partial charge in [0.1, 0.15) is 0 Å². The Kier molecular flexibility index (Phi) is 1.80. The van der Waals surface area contributed by atoms with Crippen LogP contribution < -0.4 is 4.57 Å². The second-order valence-electron chi connectivity index (χ2n) is 2.96. The van der Waals surface area contributed by atoms with Gasteiger partial charge in [0.15, 0.2) is 12.7 Å². The Bertz CT molecular complexity index is 417. The number of hydrogen-bond donors (Lipinski definition) is 1. The number of carbonyl (C=O) groups is 1. The van der Waals surface area contributed by atoms with Crippen molar-refractivity contribution in [1.29, 1.82) is 5.41 Å². The SMILES string of the molecule is N=C=C1CC[n+]2ccccc2C1=O. The van der Waals surface area contributed by atoms with E-state index in [9.17, 15) is 4.79 Å². The smallest absolute Gasteiger partial charge is 0.262 e. The van der Waals surface area contributed by atoms with Crippen LogP contribution in [-0.2, 0) is 6.54 Å². The molecule has 1 aliphatic heterocycles. The van der Waals surface area contributed by atoms with Gasteiger partial charge in [-0.15, -0.1) is 0 Å². The van der Waals surface area contributed by atoms with Crippen LogP contribution in [0.3, 0.4) is 0 Å². The molecule has 2 rings (SSSR count). The molecule has 0 amide bonds. The number of nitrogens with one attached hydrogen (secondary N) is 1. The maximum absolute atomic E-state index is 11.6. The number of Topliss-reactive ketones (excluding diaryl/α,β-unsaturated/α-hetero) is 1. The Balaban J connectivity index is 2.57. The Labute approximate surface area is 75.8 Å². The molecule has 2 heterocycles. The highest BCUT2D eigenvalue weighted by Gasteiger charge is 2.27. The van der Waals surface area contributed by atoms with E-state index >= 15 is 0 Å². The Morgan fingerprint density at radius 3 is 3.08 bits per heavy atom. The molecule has 0 fully saturated rings. The van der Waals surface area contributed by atoms with E-state index in [0.29, 0.717) is 17.7 Å². The summed E-state index contributed by atoms with van der Waals surface area (Å²) in [7, 11) is 0. The fraction of sp³-hybridized carbons (Fsp3) is 0.200. The standard InChI is InChI=1S/C10H9N2O/c11-7-8-4-6-12-5-2-1-3-9(12)10(8)13/h1-3,5,11H,4,6H2/q+1. The van der Waals surface area contributed by atoms with Crippen LogP contribution in [-0.4, -0.2) is 11.7 Å². The van der Waals surface area contributed by atoms with Crippen LogP contribution in [0.4, 0.5) is 0 Å². The van der Waals surface area contributed by atoms with Crippen LogP contribution >= 0.6 is 0 Å². The quantitative estimate of drug-likeness (QED) is 0.351. The second kappa shape index (κ2) is 2.96. The topological polar surface area (TPSA) is 44.8 Å². The summed E-state index contributed by atoms with van der Waals surface area (Å²) in [4.78, 5) is 11.6. The number of aromatic nitrogens is 1. The molecule has 0 atom stereocenters. The molecule has 3 nitrogen and oxygen atoms in total. The molecular formula is C10H9N2O+. The molecule has 0 radical (unpaired) electrons. The van der Waals surface area contributed by atoms with Crippen LogP contribution in [0.2, 0.25) is 0 Å². The van der Waals surface area contributed by atoms with E-state index in [2.05, 4.69) is 5.87 Å². The fourth-order valence-corrected chi connectivity index (χ4v) is 1.50. The van der Waals surface area contributed by atoms with Crippen molar-refractivity contribution in [2.75, 3.05) is 0 Å². The van der Waals surface area contributed by atoms with Gasteiger partial charge < -0.3 is 0 Å². The first-order valence-electron chi connectivity index (χ1n) is 4.14. The summed E-state index contributed by atoms with van der Waals surface area (Å²) in [6.07, 6.45) is 2.50. The largest absolute Gasteiger partial charge is 0.281 e. The number of aryl methyl sites for hydroxylation is 1. The lowest BCUT2D eigenvalue weighted by atomic mass is 10.0. The highest BCUT2D eigenvalue weighted by atomic mass is 16.1. The van der Waals surface area contributed by atoms with Gasteiger partial charge in [-0.3, -0.25) is 10.2 Å². The van der Waals surface area contributed by atoms with Gasteiger partial charge in [0, 0.05) is 18.6 Å². The van der Waals surface area contributed by atoms with E-state index in [1.165, 1.54) is 0 Å². The molecule has 0 spiro atoms. The van der Waals surface area contributed by atoms with Crippen LogP contribution in [0, 0.1) is 5.41 Å². The first-order valence-corrected chi connectivity index (χ1v) is 4.14. The van der Waals surface area contributed by atoms with Crippen molar-refractivity contribution < 1.29 is 9.36 Å². The molecule has 64 valence electrons. The monoisotopic (exact) mass is 173 g/mol. The third kappa shape index (κ3) is 1.19. The predicted octanol–water partition coefficient (Wildman–Crippen LogP) is 0.735. The van der Waals surface area contributed by atoms with Crippen molar-refractivity contribution in [3.8, 4) is 0 Å². The van der Waals surface area contributed by atoms with Gasteiger partial charge in [0.2, 0.25) is 0 Å². The Hall–Kier alpha value is -1.73. The summed E-state index contributed by atoms with van der Waals surface area (Å²) in [5.74, 6) is 2.13. The summed E-state index contributed by atoms with van der Waals surface area (Å²) in [6.45, 7) is 0.767. The number of rotatable bonds is 0. The first-order chi connectivity index (χ1) is 6.33. The van der Waals surface area contributed by atoms with Crippen molar-refractivity contribution in [2.24, 2.45) is 0 Å². The number of fused-ring (bicyclic) bond motifs is 1. The Morgan fingerprint density at radius 2 is 2.31 bits per heavy atom. The van der Waals surface area contributed by atoms with E-state index < -0.39 is 0 Å². The fourth-order valence-electron chi connectivity index (χ4n) is 1.50. The van der Waals surface area contributed by atoms with Crippen molar-refractivity contribution in [3.63, 3.8) is 0 Å². The van der Waals surface area contributed by atoms with E-state index in [0.717, 1.165) is 6.54 Å². The van der Waals surface area contributed by atoms with Crippen molar-refractivity contribution in [3.05, 3.63) is 35.7 Å².